The maximum absolute atomic E-state index is 13.2. The van der Waals surface area contributed by atoms with Crippen molar-refractivity contribution in [3.05, 3.63) is 96.3 Å². The van der Waals surface area contributed by atoms with E-state index in [1.807, 2.05) is 41.3 Å². The highest BCUT2D eigenvalue weighted by molar-refractivity contribution is 6.02. The molecule has 0 aliphatic carbocycles. The SMILES string of the molecule is O=C(Nc1ccc(F)cc1)N(c1ccccc1)C1CCN(Cc2ccccc2)CC1. The van der Waals surface area contributed by atoms with Crippen LogP contribution in [-0.2, 0) is 6.54 Å². The molecular weight excluding hydrogens is 377 g/mol. The van der Waals surface area contributed by atoms with Crippen LogP contribution < -0.4 is 10.2 Å². The van der Waals surface area contributed by atoms with Gasteiger partial charge < -0.3 is 5.32 Å². The van der Waals surface area contributed by atoms with Gasteiger partial charge in [0.05, 0.1) is 0 Å². The second-order valence-electron chi connectivity index (χ2n) is 7.64. The number of likely N-dealkylation sites (tertiary alicyclic amines) is 1. The summed E-state index contributed by atoms with van der Waals surface area (Å²) in [7, 11) is 0. The summed E-state index contributed by atoms with van der Waals surface area (Å²) in [6.45, 7) is 2.81. The molecule has 4 nitrogen and oxygen atoms in total. The molecule has 0 unspecified atom stereocenters. The zero-order valence-electron chi connectivity index (χ0n) is 16.9. The highest BCUT2D eigenvalue weighted by atomic mass is 19.1. The molecule has 0 atom stereocenters. The number of carbonyl (C=O) groups is 1. The molecule has 1 heterocycles. The van der Waals surface area contributed by atoms with Gasteiger partial charge in [-0.3, -0.25) is 9.80 Å². The first-order valence-electron chi connectivity index (χ1n) is 10.4. The fourth-order valence-corrected chi connectivity index (χ4v) is 3.98. The van der Waals surface area contributed by atoms with Gasteiger partial charge in [0.1, 0.15) is 5.82 Å². The molecular formula is C25H26FN3O. The third-order valence-electron chi connectivity index (χ3n) is 5.52. The van der Waals surface area contributed by atoms with E-state index in [4.69, 9.17) is 0 Å². The molecule has 1 aliphatic rings. The molecule has 1 aliphatic heterocycles. The largest absolute Gasteiger partial charge is 0.326 e. The number of hydrogen-bond acceptors (Lipinski definition) is 2. The zero-order chi connectivity index (χ0) is 20.8. The normalized spacial score (nSPS) is 15.0. The molecule has 1 fully saturated rings. The first-order chi connectivity index (χ1) is 14.7. The van der Waals surface area contributed by atoms with E-state index in [1.165, 1.54) is 17.7 Å². The van der Waals surface area contributed by atoms with Gasteiger partial charge in [0.25, 0.3) is 0 Å². The number of piperidine rings is 1. The Morgan fingerprint density at radius 2 is 1.50 bits per heavy atom. The standard InChI is InChI=1S/C25H26FN3O/c26-21-11-13-22(14-12-21)27-25(30)29(23-9-5-2-6-10-23)24-15-17-28(18-16-24)19-20-7-3-1-4-8-20/h1-14,24H,15-19H2,(H,27,30). The Hall–Kier alpha value is -3.18. The third kappa shape index (κ3) is 5.05. The number of urea groups is 1. The molecule has 3 aromatic rings. The number of para-hydroxylation sites is 1. The minimum Gasteiger partial charge on any atom is -0.308 e. The second-order valence-corrected chi connectivity index (χ2v) is 7.64. The Kier molecular flexibility index (Phi) is 6.40. The van der Waals surface area contributed by atoms with Crippen LogP contribution in [0.15, 0.2) is 84.9 Å². The molecule has 1 N–H and O–H groups in total. The molecule has 0 aromatic heterocycles. The van der Waals surface area contributed by atoms with Crippen LogP contribution >= 0.6 is 0 Å². The smallest absolute Gasteiger partial charge is 0.308 e. The van der Waals surface area contributed by atoms with E-state index in [0.717, 1.165) is 38.2 Å². The quantitative estimate of drug-likeness (QED) is 0.608. The van der Waals surface area contributed by atoms with Crippen LogP contribution in [0.25, 0.3) is 0 Å². The average molecular weight is 404 g/mol. The molecule has 2 amide bonds. The van der Waals surface area contributed by atoms with Crippen LogP contribution in [0, 0.1) is 5.82 Å². The van der Waals surface area contributed by atoms with Gasteiger partial charge >= 0.3 is 6.03 Å². The van der Waals surface area contributed by atoms with Crippen molar-refractivity contribution in [2.24, 2.45) is 0 Å². The summed E-state index contributed by atoms with van der Waals surface area (Å²) < 4.78 is 13.2. The van der Waals surface area contributed by atoms with Gasteiger partial charge in [-0.2, -0.15) is 0 Å². The number of benzene rings is 3. The van der Waals surface area contributed by atoms with E-state index in [0.29, 0.717) is 5.69 Å². The summed E-state index contributed by atoms with van der Waals surface area (Å²) in [5.41, 5.74) is 2.77. The van der Waals surface area contributed by atoms with E-state index in [2.05, 4.69) is 34.5 Å². The molecule has 4 rings (SSSR count). The minimum absolute atomic E-state index is 0.111. The first-order valence-corrected chi connectivity index (χ1v) is 10.4. The molecule has 0 radical (unpaired) electrons. The Morgan fingerprint density at radius 1 is 0.900 bits per heavy atom. The van der Waals surface area contributed by atoms with Crippen LogP contribution in [0.5, 0.6) is 0 Å². The van der Waals surface area contributed by atoms with E-state index in [9.17, 15) is 9.18 Å². The number of anilines is 2. The highest BCUT2D eigenvalue weighted by Gasteiger charge is 2.29. The van der Waals surface area contributed by atoms with Crippen molar-refractivity contribution in [3.8, 4) is 0 Å². The summed E-state index contributed by atoms with van der Waals surface area (Å²) in [6, 6.07) is 26.0. The van der Waals surface area contributed by atoms with Crippen LogP contribution in [-0.4, -0.2) is 30.1 Å². The van der Waals surface area contributed by atoms with Crippen LogP contribution in [0.4, 0.5) is 20.6 Å². The maximum Gasteiger partial charge on any atom is 0.326 e. The zero-order valence-corrected chi connectivity index (χ0v) is 16.9. The van der Waals surface area contributed by atoms with Crippen molar-refractivity contribution in [3.63, 3.8) is 0 Å². The number of nitrogens with zero attached hydrogens (tertiary/aromatic N) is 2. The minimum atomic E-state index is -0.321. The summed E-state index contributed by atoms with van der Waals surface area (Å²) in [4.78, 5) is 17.5. The van der Waals surface area contributed by atoms with Crippen LogP contribution in [0.2, 0.25) is 0 Å². The van der Waals surface area contributed by atoms with Crippen LogP contribution in [0.1, 0.15) is 18.4 Å². The fraction of sp³-hybridized carbons (Fsp3) is 0.240. The first kappa shape index (κ1) is 20.1. The van der Waals surface area contributed by atoms with Crippen molar-refractivity contribution in [1.29, 1.82) is 0 Å². The summed E-state index contributed by atoms with van der Waals surface area (Å²) in [5.74, 6) is -0.321. The number of amides is 2. The summed E-state index contributed by atoms with van der Waals surface area (Å²) >= 11 is 0. The summed E-state index contributed by atoms with van der Waals surface area (Å²) in [5, 5.41) is 2.92. The molecule has 0 spiro atoms. The lowest BCUT2D eigenvalue weighted by Gasteiger charge is -2.38. The number of hydrogen-bond donors (Lipinski definition) is 1. The van der Waals surface area contributed by atoms with Crippen molar-refractivity contribution in [2.45, 2.75) is 25.4 Å². The Balaban J connectivity index is 1.45. The van der Waals surface area contributed by atoms with Gasteiger partial charge in [0, 0.05) is 37.1 Å². The molecule has 5 heteroatoms. The number of carbonyl (C=O) groups excluding carboxylic acids is 1. The van der Waals surface area contributed by atoms with E-state index >= 15 is 0 Å². The molecule has 3 aromatic carbocycles. The number of halogens is 1. The van der Waals surface area contributed by atoms with Crippen molar-refractivity contribution >= 4 is 17.4 Å². The molecule has 30 heavy (non-hydrogen) atoms. The Bertz CT molecular complexity index is 939. The maximum atomic E-state index is 13.2. The molecule has 0 bridgehead atoms. The Labute approximate surface area is 176 Å². The average Bonchev–Trinajstić information content (AvgIpc) is 2.78. The van der Waals surface area contributed by atoms with Gasteiger partial charge in [-0.05, 0) is 54.8 Å². The lowest BCUT2D eigenvalue weighted by molar-refractivity contribution is 0.200. The molecule has 154 valence electrons. The molecule has 1 saturated heterocycles. The van der Waals surface area contributed by atoms with Gasteiger partial charge in [0.15, 0.2) is 0 Å². The topological polar surface area (TPSA) is 35.6 Å². The van der Waals surface area contributed by atoms with Gasteiger partial charge in [-0.1, -0.05) is 48.5 Å². The van der Waals surface area contributed by atoms with Crippen molar-refractivity contribution in [1.82, 2.24) is 4.90 Å². The second kappa shape index (κ2) is 9.55. The monoisotopic (exact) mass is 403 g/mol. The predicted octanol–water partition coefficient (Wildman–Crippen LogP) is 5.53. The van der Waals surface area contributed by atoms with Crippen molar-refractivity contribution < 1.29 is 9.18 Å². The lowest BCUT2D eigenvalue weighted by atomic mass is 10.0. The van der Waals surface area contributed by atoms with Gasteiger partial charge in [0.2, 0.25) is 0 Å². The van der Waals surface area contributed by atoms with E-state index in [-0.39, 0.29) is 17.9 Å². The van der Waals surface area contributed by atoms with E-state index in [1.54, 1.807) is 12.1 Å². The number of nitrogens with one attached hydrogen (secondary N) is 1. The van der Waals surface area contributed by atoms with Gasteiger partial charge in [-0.25, -0.2) is 9.18 Å². The van der Waals surface area contributed by atoms with Crippen LogP contribution in [0.3, 0.4) is 0 Å². The summed E-state index contributed by atoms with van der Waals surface area (Å²) in [6.07, 6.45) is 1.80. The fourth-order valence-electron chi connectivity index (χ4n) is 3.98. The Morgan fingerprint density at radius 3 is 2.13 bits per heavy atom. The predicted molar refractivity (Wildman–Crippen MR) is 119 cm³/mol. The lowest BCUT2D eigenvalue weighted by Crippen LogP contribution is -2.49. The van der Waals surface area contributed by atoms with E-state index < -0.39 is 0 Å². The highest BCUT2D eigenvalue weighted by Crippen LogP contribution is 2.25. The van der Waals surface area contributed by atoms with Gasteiger partial charge in [-0.15, -0.1) is 0 Å². The number of rotatable bonds is 5. The molecule has 0 saturated carbocycles. The van der Waals surface area contributed by atoms with Crippen molar-refractivity contribution in [2.75, 3.05) is 23.3 Å². The third-order valence-corrected chi connectivity index (χ3v) is 5.52.